The number of esters is 1. The number of rotatable bonds is 9. The topological polar surface area (TPSA) is 106 Å². The van der Waals surface area contributed by atoms with Gasteiger partial charge in [0.05, 0.1) is 13.2 Å². The van der Waals surface area contributed by atoms with Crippen LogP contribution in [-0.4, -0.2) is 62.4 Å². The summed E-state index contributed by atoms with van der Waals surface area (Å²) in [5.74, 6) is -1.11. The molecule has 0 spiro atoms. The lowest BCUT2D eigenvalue weighted by Gasteiger charge is -2.25. The highest BCUT2D eigenvalue weighted by atomic mass is 32.2. The fourth-order valence-corrected chi connectivity index (χ4v) is 4.51. The quantitative estimate of drug-likeness (QED) is 0.480. The van der Waals surface area contributed by atoms with Gasteiger partial charge in [0.15, 0.2) is 12.4 Å². The lowest BCUT2D eigenvalue weighted by atomic mass is 10.0. The Morgan fingerprint density at radius 1 is 1.17 bits per heavy atom. The van der Waals surface area contributed by atoms with Crippen LogP contribution in [0.5, 0.6) is 0 Å². The van der Waals surface area contributed by atoms with Crippen molar-refractivity contribution < 1.29 is 27.5 Å². The molecule has 2 heterocycles. The Hall–Kier alpha value is -2.49. The Morgan fingerprint density at radius 2 is 1.87 bits per heavy atom. The Bertz CT molecular complexity index is 975. The van der Waals surface area contributed by atoms with Crippen LogP contribution in [0.2, 0.25) is 0 Å². The molecule has 1 aromatic carbocycles. The van der Waals surface area contributed by atoms with Gasteiger partial charge in [0.1, 0.15) is 10.6 Å². The van der Waals surface area contributed by atoms with Gasteiger partial charge in [0.2, 0.25) is 10.0 Å². The van der Waals surface area contributed by atoms with Crippen LogP contribution in [0, 0.1) is 0 Å². The Morgan fingerprint density at radius 3 is 2.53 bits per heavy atom. The number of aryl methyl sites for hydroxylation is 1. The minimum absolute atomic E-state index is 0.0228. The van der Waals surface area contributed by atoms with Crippen molar-refractivity contribution in [3.63, 3.8) is 0 Å². The Balaban J connectivity index is 1.57. The summed E-state index contributed by atoms with van der Waals surface area (Å²) in [6, 6.07) is 8.47. The van der Waals surface area contributed by atoms with E-state index in [2.05, 4.69) is 11.9 Å². The molecule has 0 radical (unpaired) electrons. The summed E-state index contributed by atoms with van der Waals surface area (Å²) in [4.78, 5) is 27.1. The van der Waals surface area contributed by atoms with E-state index in [4.69, 9.17) is 9.47 Å². The maximum Gasteiger partial charge on any atom is 0.355 e. The molecule has 0 amide bonds. The van der Waals surface area contributed by atoms with Crippen LogP contribution in [0.15, 0.2) is 41.4 Å². The molecule has 9 heteroatoms. The van der Waals surface area contributed by atoms with Crippen LogP contribution in [0.3, 0.4) is 0 Å². The third-order valence-electron chi connectivity index (χ3n) is 4.91. The number of hydrogen-bond donors (Lipinski definition) is 1. The number of H-pyrrole nitrogens is 1. The molecule has 3 rings (SSSR count). The summed E-state index contributed by atoms with van der Waals surface area (Å²) in [5, 5.41) is 0. The number of nitrogens with one attached hydrogen (secondary N) is 1. The van der Waals surface area contributed by atoms with Gasteiger partial charge in [-0.2, -0.15) is 4.31 Å². The number of aromatic nitrogens is 1. The first-order valence-corrected chi connectivity index (χ1v) is 11.4. The predicted octanol–water partition coefficient (Wildman–Crippen LogP) is 2.42. The van der Waals surface area contributed by atoms with Gasteiger partial charge >= 0.3 is 5.97 Å². The van der Waals surface area contributed by atoms with Crippen molar-refractivity contribution in [3.8, 4) is 0 Å². The Labute approximate surface area is 176 Å². The third-order valence-corrected chi connectivity index (χ3v) is 6.79. The zero-order valence-corrected chi connectivity index (χ0v) is 17.7. The molecular formula is C21H26N2O6S. The lowest BCUT2D eigenvalue weighted by molar-refractivity contribution is 0.0469. The second kappa shape index (κ2) is 10.0. The number of hydrogen-bond acceptors (Lipinski definition) is 6. The number of sulfonamides is 1. The number of Topliss-reactive ketones (excluding diaryl/α,β-unsaturated/α-hetero) is 1. The van der Waals surface area contributed by atoms with Gasteiger partial charge in [-0.3, -0.25) is 4.79 Å². The monoisotopic (exact) mass is 434 g/mol. The van der Waals surface area contributed by atoms with E-state index < -0.39 is 22.6 Å². The van der Waals surface area contributed by atoms with Gasteiger partial charge in [0.25, 0.3) is 0 Å². The van der Waals surface area contributed by atoms with Crippen LogP contribution in [0.1, 0.15) is 46.2 Å². The van der Waals surface area contributed by atoms with E-state index in [-0.39, 0.29) is 29.5 Å². The van der Waals surface area contributed by atoms with E-state index in [1.807, 2.05) is 12.1 Å². The first-order valence-electron chi connectivity index (χ1n) is 9.97. The van der Waals surface area contributed by atoms with Crippen molar-refractivity contribution in [1.82, 2.24) is 9.29 Å². The first kappa shape index (κ1) is 22.2. The van der Waals surface area contributed by atoms with Gasteiger partial charge in [0, 0.05) is 24.8 Å². The molecule has 30 heavy (non-hydrogen) atoms. The average molecular weight is 435 g/mol. The smallest absolute Gasteiger partial charge is 0.355 e. The predicted molar refractivity (Wildman–Crippen MR) is 110 cm³/mol. The summed E-state index contributed by atoms with van der Waals surface area (Å²) in [6.07, 6.45) is 4.40. The summed E-state index contributed by atoms with van der Waals surface area (Å²) < 4.78 is 36.8. The SMILES string of the molecule is CCCCc1ccc(C(=O)COC(=O)c2cc(S(=O)(=O)N3CCOCC3)c[nH]2)cc1. The minimum Gasteiger partial charge on any atom is -0.453 e. The lowest BCUT2D eigenvalue weighted by Crippen LogP contribution is -2.40. The molecule has 1 N–H and O–H groups in total. The number of aromatic amines is 1. The van der Waals surface area contributed by atoms with Crippen LogP contribution in [0.4, 0.5) is 0 Å². The van der Waals surface area contributed by atoms with Gasteiger partial charge in [-0.05, 0) is 24.5 Å². The molecule has 0 saturated carbocycles. The average Bonchev–Trinajstić information content (AvgIpc) is 3.28. The molecule has 0 unspecified atom stereocenters. The van der Waals surface area contributed by atoms with E-state index in [0.717, 1.165) is 24.8 Å². The highest BCUT2D eigenvalue weighted by Crippen LogP contribution is 2.18. The van der Waals surface area contributed by atoms with E-state index in [0.29, 0.717) is 18.8 Å². The molecule has 0 bridgehead atoms. The zero-order valence-electron chi connectivity index (χ0n) is 16.9. The maximum absolute atomic E-state index is 12.6. The minimum atomic E-state index is -3.71. The number of ether oxygens (including phenoxy) is 2. The largest absolute Gasteiger partial charge is 0.453 e. The van der Waals surface area contributed by atoms with Crippen molar-refractivity contribution in [2.75, 3.05) is 32.9 Å². The third kappa shape index (κ3) is 5.35. The van der Waals surface area contributed by atoms with Crippen LogP contribution in [0.25, 0.3) is 0 Å². The van der Waals surface area contributed by atoms with Gasteiger partial charge in [-0.1, -0.05) is 37.6 Å². The zero-order chi connectivity index (χ0) is 21.6. The van der Waals surface area contributed by atoms with Gasteiger partial charge in [-0.15, -0.1) is 0 Å². The van der Waals surface area contributed by atoms with Crippen LogP contribution < -0.4 is 0 Å². The fraction of sp³-hybridized carbons (Fsp3) is 0.429. The number of nitrogens with zero attached hydrogens (tertiary/aromatic N) is 1. The number of benzene rings is 1. The van der Waals surface area contributed by atoms with E-state index in [1.165, 1.54) is 16.6 Å². The van der Waals surface area contributed by atoms with Crippen LogP contribution >= 0.6 is 0 Å². The van der Waals surface area contributed by atoms with Gasteiger partial charge in [-0.25, -0.2) is 13.2 Å². The molecule has 8 nitrogen and oxygen atoms in total. The number of unbranched alkanes of at least 4 members (excludes halogenated alkanes) is 1. The van der Waals surface area contributed by atoms with Crippen molar-refractivity contribution in [2.24, 2.45) is 0 Å². The van der Waals surface area contributed by atoms with Crippen molar-refractivity contribution in [1.29, 1.82) is 0 Å². The molecule has 1 aliphatic rings. The summed E-state index contributed by atoms with van der Waals surface area (Å²) in [6.45, 7) is 2.90. The highest BCUT2D eigenvalue weighted by Gasteiger charge is 2.28. The second-order valence-electron chi connectivity index (χ2n) is 7.07. The van der Waals surface area contributed by atoms with Crippen molar-refractivity contribution in [3.05, 3.63) is 53.3 Å². The molecule has 1 saturated heterocycles. The highest BCUT2D eigenvalue weighted by molar-refractivity contribution is 7.89. The molecule has 0 atom stereocenters. The molecule has 162 valence electrons. The number of morpholine rings is 1. The second-order valence-corrected chi connectivity index (χ2v) is 9.00. The molecule has 2 aromatic rings. The maximum atomic E-state index is 12.6. The number of ketones is 1. The number of carbonyl (C=O) groups excluding carboxylic acids is 2. The van der Waals surface area contributed by atoms with Crippen LogP contribution in [-0.2, 0) is 25.9 Å². The molecule has 1 aromatic heterocycles. The molecular weight excluding hydrogens is 408 g/mol. The van der Waals surface area contributed by atoms with E-state index in [1.54, 1.807) is 12.1 Å². The van der Waals surface area contributed by atoms with E-state index >= 15 is 0 Å². The van der Waals surface area contributed by atoms with Crippen molar-refractivity contribution >= 4 is 21.8 Å². The molecule has 1 aliphatic heterocycles. The summed E-state index contributed by atoms with van der Waals surface area (Å²) in [7, 11) is -3.71. The molecule has 1 fully saturated rings. The van der Waals surface area contributed by atoms with Crippen molar-refractivity contribution in [2.45, 2.75) is 31.1 Å². The summed E-state index contributed by atoms with van der Waals surface area (Å²) >= 11 is 0. The fourth-order valence-electron chi connectivity index (χ4n) is 3.11. The first-order chi connectivity index (χ1) is 14.4. The normalized spacial score (nSPS) is 15.1. The van der Waals surface area contributed by atoms with E-state index in [9.17, 15) is 18.0 Å². The Kier molecular flexibility index (Phi) is 7.41. The summed E-state index contributed by atoms with van der Waals surface area (Å²) in [5.41, 5.74) is 1.60. The molecule has 0 aliphatic carbocycles. The van der Waals surface area contributed by atoms with Gasteiger partial charge < -0.3 is 14.5 Å². The number of carbonyl (C=O) groups is 2. The standard InChI is InChI=1S/C21H26N2O6S/c1-2-3-4-16-5-7-17(8-6-16)20(24)15-29-21(25)19-13-18(14-22-19)30(26,27)23-9-11-28-12-10-23/h5-8,13-14,22H,2-4,9-12,15H2,1H3.